The minimum absolute atomic E-state index is 0.0859. The number of methoxy groups -OCH3 is 1. The van der Waals surface area contributed by atoms with E-state index in [0.717, 1.165) is 25.1 Å². The Morgan fingerprint density at radius 2 is 2.26 bits per heavy atom. The molecule has 4 nitrogen and oxygen atoms in total. The van der Waals surface area contributed by atoms with Gasteiger partial charge in [-0.05, 0) is 30.7 Å². The van der Waals surface area contributed by atoms with Crippen molar-refractivity contribution in [3.63, 3.8) is 0 Å². The molecule has 1 aliphatic heterocycles. The Bertz CT molecular complexity index is 416. The molecule has 0 radical (unpaired) electrons. The number of carbonyl (C=O) groups is 1. The maximum Gasteiger partial charge on any atom is 0.224 e. The zero-order chi connectivity index (χ0) is 13.7. The van der Waals surface area contributed by atoms with Gasteiger partial charge in [-0.2, -0.15) is 0 Å². The van der Waals surface area contributed by atoms with Gasteiger partial charge in [0.15, 0.2) is 0 Å². The summed E-state index contributed by atoms with van der Waals surface area (Å²) in [5, 5.41) is 6.83. The number of hydrogen-bond acceptors (Lipinski definition) is 3. The summed E-state index contributed by atoms with van der Waals surface area (Å²) in [7, 11) is 1.64. The van der Waals surface area contributed by atoms with E-state index in [4.69, 9.17) is 16.3 Å². The molecule has 2 unspecified atom stereocenters. The lowest BCUT2D eigenvalue weighted by molar-refractivity contribution is -0.125. The minimum Gasteiger partial charge on any atom is -0.375 e. The Balaban J connectivity index is 1.88. The second kappa shape index (κ2) is 6.89. The molecule has 19 heavy (non-hydrogen) atoms. The highest BCUT2D eigenvalue weighted by Gasteiger charge is 2.23. The number of nitrogens with one attached hydrogen (secondary N) is 2. The molecule has 0 spiro atoms. The van der Waals surface area contributed by atoms with E-state index in [2.05, 4.69) is 10.6 Å². The van der Waals surface area contributed by atoms with Crippen molar-refractivity contribution in [2.75, 3.05) is 26.7 Å². The summed E-state index contributed by atoms with van der Waals surface area (Å²) in [5.74, 6) is 0.184. The lowest BCUT2D eigenvalue weighted by Crippen LogP contribution is -2.35. The molecule has 1 aliphatic rings. The predicted molar refractivity (Wildman–Crippen MR) is 75.2 cm³/mol. The van der Waals surface area contributed by atoms with Crippen LogP contribution < -0.4 is 10.6 Å². The van der Waals surface area contributed by atoms with Gasteiger partial charge in [-0.15, -0.1) is 0 Å². The van der Waals surface area contributed by atoms with E-state index in [9.17, 15) is 4.79 Å². The maximum absolute atomic E-state index is 11.9. The Morgan fingerprint density at radius 1 is 1.53 bits per heavy atom. The minimum atomic E-state index is -0.143. The average molecular weight is 283 g/mol. The molecule has 2 atom stereocenters. The Hall–Kier alpha value is -1.10. The Morgan fingerprint density at radius 3 is 2.84 bits per heavy atom. The third-order valence-corrected chi connectivity index (χ3v) is 3.67. The monoisotopic (exact) mass is 282 g/mol. The van der Waals surface area contributed by atoms with Gasteiger partial charge in [0.2, 0.25) is 5.91 Å². The number of carbonyl (C=O) groups excluding carboxylic acids is 1. The van der Waals surface area contributed by atoms with E-state index >= 15 is 0 Å². The van der Waals surface area contributed by atoms with Crippen LogP contribution >= 0.6 is 11.6 Å². The molecule has 0 aliphatic carbocycles. The topological polar surface area (TPSA) is 50.4 Å². The van der Waals surface area contributed by atoms with Crippen molar-refractivity contribution in [1.29, 1.82) is 0 Å². The van der Waals surface area contributed by atoms with Crippen LogP contribution in [0.15, 0.2) is 24.3 Å². The van der Waals surface area contributed by atoms with Crippen LogP contribution in [0.2, 0.25) is 5.02 Å². The van der Waals surface area contributed by atoms with Crippen molar-refractivity contribution >= 4 is 17.5 Å². The molecule has 1 saturated heterocycles. The van der Waals surface area contributed by atoms with Crippen molar-refractivity contribution < 1.29 is 9.53 Å². The Labute approximate surface area is 118 Å². The summed E-state index contributed by atoms with van der Waals surface area (Å²) in [6.07, 6.45) is 0.764. The molecule has 2 rings (SSSR count). The molecule has 0 bridgehead atoms. The van der Waals surface area contributed by atoms with E-state index < -0.39 is 0 Å². The molecule has 104 valence electrons. The van der Waals surface area contributed by atoms with Crippen LogP contribution in [0, 0.1) is 5.92 Å². The average Bonchev–Trinajstić information content (AvgIpc) is 2.95. The fraction of sp³-hybridized carbons (Fsp3) is 0.500. The lowest BCUT2D eigenvalue weighted by Gasteiger charge is -2.18. The van der Waals surface area contributed by atoms with Crippen molar-refractivity contribution in [1.82, 2.24) is 10.6 Å². The quantitative estimate of drug-likeness (QED) is 0.865. The van der Waals surface area contributed by atoms with Gasteiger partial charge >= 0.3 is 0 Å². The number of halogens is 1. The number of ether oxygens (including phenoxy) is 1. The fourth-order valence-corrected chi connectivity index (χ4v) is 2.36. The van der Waals surface area contributed by atoms with Gasteiger partial charge in [0.05, 0.1) is 12.0 Å². The highest BCUT2D eigenvalue weighted by molar-refractivity contribution is 6.30. The molecule has 0 saturated carbocycles. The van der Waals surface area contributed by atoms with Crippen LogP contribution in [-0.4, -0.2) is 32.7 Å². The molecule has 1 aromatic rings. The third-order valence-electron chi connectivity index (χ3n) is 3.42. The molecule has 2 N–H and O–H groups in total. The summed E-state index contributed by atoms with van der Waals surface area (Å²) >= 11 is 5.86. The maximum atomic E-state index is 11.9. The molecule has 1 aromatic carbocycles. The van der Waals surface area contributed by atoms with Gasteiger partial charge in [0, 0.05) is 25.2 Å². The van der Waals surface area contributed by atoms with Crippen LogP contribution in [0.3, 0.4) is 0 Å². The number of amides is 1. The van der Waals surface area contributed by atoms with Gasteiger partial charge < -0.3 is 15.4 Å². The summed E-state index contributed by atoms with van der Waals surface area (Å²) in [6.45, 7) is 2.17. The normalized spacial score (nSPS) is 20.2. The van der Waals surface area contributed by atoms with Gasteiger partial charge in [-0.1, -0.05) is 23.7 Å². The first-order chi connectivity index (χ1) is 9.20. The summed E-state index contributed by atoms with van der Waals surface area (Å²) in [5.41, 5.74) is 1.01. The number of rotatable bonds is 5. The Kier molecular flexibility index (Phi) is 5.19. The first-order valence-electron chi connectivity index (χ1n) is 6.47. The van der Waals surface area contributed by atoms with Gasteiger partial charge in [0.1, 0.15) is 0 Å². The summed E-state index contributed by atoms with van der Waals surface area (Å²) in [4.78, 5) is 11.9. The molecule has 1 heterocycles. The fourth-order valence-electron chi connectivity index (χ4n) is 2.23. The van der Waals surface area contributed by atoms with Gasteiger partial charge in [-0.25, -0.2) is 0 Å². The zero-order valence-electron chi connectivity index (χ0n) is 11.0. The lowest BCUT2D eigenvalue weighted by atomic mass is 10.1. The SMILES string of the molecule is COC(CNC(=O)C1CCNC1)c1ccc(Cl)cc1. The van der Waals surface area contributed by atoms with Gasteiger partial charge in [-0.3, -0.25) is 4.79 Å². The standard InChI is InChI=1S/C14H19ClN2O2/c1-19-13(10-2-4-12(15)5-3-10)9-17-14(18)11-6-7-16-8-11/h2-5,11,13,16H,6-9H2,1H3,(H,17,18). The van der Waals surface area contributed by atoms with Crippen LogP contribution in [0.25, 0.3) is 0 Å². The van der Waals surface area contributed by atoms with E-state index in [1.807, 2.05) is 24.3 Å². The van der Waals surface area contributed by atoms with Crippen LogP contribution in [-0.2, 0) is 9.53 Å². The first-order valence-corrected chi connectivity index (χ1v) is 6.85. The van der Waals surface area contributed by atoms with Gasteiger partial charge in [0.25, 0.3) is 0 Å². The molecule has 5 heteroatoms. The summed E-state index contributed by atoms with van der Waals surface area (Å²) < 4.78 is 5.42. The highest BCUT2D eigenvalue weighted by Crippen LogP contribution is 2.19. The smallest absolute Gasteiger partial charge is 0.224 e. The highest BCUT2D eigenvalue weighted by atomic mass is 35.5. The first kappa shape index (κ1) is 14.3. The van der Waals surface area contributed by atoms with E-state index in [1.165, 1.54) is 0 Å². The molecule has 1 fully saturated rings. The second-order valence-corrected chi connectivity index (χ2v) is 5.15. The van der Waals surface area contributed by atoms with Crippen molar-refractivity contribution in [2.24, 2.45) is 5.92 Å². The molecular formula is C14H19ClN2O2. The van der Waals surface area contributed by atoms with Crippen molar-refractivity contribution in [3.05, 3.63) is 34.9 Å². The van der Waals surface area contributed by atoms with E-state index in [1.54, 1.807) is 7.11 Å². The van der Waals surface area contributed by atoms with E-state index in [0.29, 0.717) is 11.6 Å². The van der Waals surface area contributed by atoms with Crippen LogP contribution in [0.1, 0.15) is 18.1 Å². The zero-order valence-corrected chi connectivity index (χ0v) is 11.7. The second-order valence-electron chi connectivity index (χ2n) is 4.71. The van der Waals surface area contributed by atoms with Crippen LogP contribution in [0.4, 0.5) is 0 Å². The largest absolute Gasteiger partial charge is 0.375 e. The third kappa shape index (κ3) is 3.93. The number of hydrogen-bond donors (Lipinski definition) is 2. The molecule has 1 amide bonds. The van der Waals surface area contributed by atoms with Crippen molar-refractivity contribution in [3.8, 4) is 0 Å². The van der Waals surface area contributed by atoms with E-state index in [-0.39, 0.29) is 17.9 Å². The predicted octanol–water partition coefficient (Wildman–Crippen LogP) is 1.75. The summed E-state index contributed by atoms with van der Waals surface area (Å²) in [6, 6.07) is 7.48. The molecule has 0 aromatic heterocycles. The molecular weight excluding hydrogens is 264 g/mol. The van der Waals surface area contributed by atoms with Crippen LogP contribution in [0.5, 0.6) is 0 Å². The van der Waals surface area contributed by atoms with Crippen molar-refractivity contribution in [2.45, 2.75) is 12.5 Å². The number of benzene rings is 1.